The lowest BCUT2D eigenvalue weighted by molar-refractivity contribution is -0.153. The van der Waals surface area contributed by atoms with Crippen molar-refractivity contribution >= 4 is 17.7 Å². The number of rotatable bonds is 5. The van der Waals surface area contributed by atoms with Crippen molar-refractivity contribution in [3.8, 4) is 0 Å². The molecule has 1 fully saturated rings. The second-order valence-corrected chi connectivity index (χ2v) is 7.88. The number of fused-ring (bicyclic) bond motifs is 3. The van der Waals surface area contributed by atoms with Crippen molar-refractivity contribution in [3.05, 3.63) is 22.8 Å². The number of carbonyl (C=O) groups is 3. The maximum atomic E-state index is 12.5. The van der Waals surface area contributed by atoms with Gasteiger partial charge in [0.15, 0.2) is 5.78 Å². The largest absolute Gasteiger partial charge is 0.462 e. The van der Waals surface area contributed by atoms with Crippen molar-refractivity contribution < 1.29 is 23.9 Å². The Hall–Kier alpha value is -1.91. The number of carbonyl (C=O) groups excluding carboxylic acids is 3. The van der Waals surface area contributed by atoms with E-state index in [9.17, 15) is 14.4 Å². The molecule has 3 aliphatic rings. The molecule has 0 saturated carbocycles. The normalized spacial score (nSPS) is 33.4. The van der Waals surface area contributed by atoms with E-state index in [-0.39, 0.29) is 35.5 Å². The average molecular weight is 360 g/mol. The van der Waals surface area contributed by atoms with E-state index >= 15 is 0 Å². The van der Waals surface area contributed by atoms with Crippen LogP contribution >= 0.6 is 0 Å². The maximum absolute atomic E-state index is 12.5. The third-order valence-electron chi connectivity index (χ3n) is 6.00. The van der Waals surface area contributed by atoms with Gasteiger partial charge >= 0.3 is 11.9 Å². The summed E-state index contributed by atoms with van der Waals surface area (Å²) in [6.07, 6.45) is 4.52. The molecule has 0 aromatic carbocycles. The standard InChI is InChI=1S/C21H28O5/c1-5-6-7-8-16(23)25-15-10-12(3)17-14(22)9-11(2)18(17)20-19(15)13(4)21(24)26-20/h9,13,15,18-20H,5-8,10H2,1-4H3/t13-,15?,18+,19-,20-/m1/s1. The lowest BCUT2D eigenvalue weighted by Crippen LogP contribution is -2.37. The van der Waals surface area contributed by atoms with Gasteiger partial charge < -0.3 is 9.47 Å². The van der Waals surface area contributed by atoms with Crippen LogP contribution in [0.1, 0.15) is 59.8 Å². The van der Waals surface area contributed by atoms with Crippen LogP contribution in [0.25, 0.3) is 0 Å². The van der Waals surface area contributed by atoms with Crippen LogP contribution in [0.2, 0.25) is 0 Å². The molecule has 142 valence electrons. The number of ether oxygens (including phenoxy) is 2. The summed E-state index contributed by atoms with van der Waals surface area (Å²) in [6, 6.07) is 0. The van der Waals surface area contributed by atoms with Gasteiger partial charge in [-0.2, -0.15) is 0 Å². The zero-order valence-electron chi connectivity index (χ0n) is 16.0. The quantitative estimate of drug-likeness (QED) is 0.554. The first kappa shape index (κ1) is 18.9. The minimum absolute atomic E-state index is 0.00530. The molecule has 5 heteroatoms. The molecule has 0 aromatic rings. The number of ketones is 1. The summed E-state index contributed by atoms with van der Waals surface area (Å²) in [4.78, 5) is 37.0. The Morgan fingerprint density at radius 1 is 1.27 bits per heavy atom. The number of allylic oxidation sites excluding steroid dienone is 1. The Morgan fingerprint density at radius 2 is 2.00 bits per heavy atom. The first-order chi connectivity index (χ1) is 12.3. The highest BCUT2D eigenvalue weighted by Crippen LogP contribution is 2.48. The van der Waals surface area contributed by atoms with Crippen LogP contribution in [0.5, 0.6) is 0 Å². The predicted octanol–water partition coefficient (Wildman–Crippen LogP) is 3.52. The fraction of sp³-hybridized carbons (Fsp3) is 0.667. The first-order valence-electron chi connectivity index (χ1n) is 9.67. The Balaban J connectivity index is 1.88. The highest BCUT2D eigenvalue weighted by molar-refractivity contribution is 6.09. The van der Waals surface area contributed by atoms with E-state index < -0.39 is 12.2 Å². The zero-order chi connectivity index (χ0) is 19.0. The maximum Gasteiger partial charge on any atom is 0.309 e. The smallest absolute Gasteiger partial charge is 0.309 e. The summed E-state index contributed by atoms with van der Waals surface area (Å²) in [7, 11) is 0. The van der Waals surface area contributed by atoms with Crippen molar-refractivity contribution in [1.29, 1.82) is 0 Å². The van der Waals surface area contributed by atoms with E-state index in [4.69, 9.17) is 9.47 Å². The Bertz CT molecular complexity index is 687. The highest BCUT2D eigenvalue weighted by atomic mass is 16.6. The second-order valence-electron chi connectivity index (χ2n) is 7.88. The average Bonchev–Trinajstić information content (AvgIpc) is 2.98. The fourth-order valence-corrected chi connectivity index (χ4v) is 4.66. The van der Waals surface area contributed by atoms with Crippen molar-refractivity contribution in [2.24, 2.45) is 17.8 Å². The number of esters is 2. The Labute approximate surface area is 154 Å². The molecule has 0 amide bonds. The van der Waals surface area contributed by atoms with Crippen molar-refractivity contribution in [1.82, 2.24) is 0 Å². The van der Waals surface area contributed by atoms with Gasteiger partial charge in [-0.15, -0.1) is 0 Å². The van der Waals surface area contributed by atoms with Gasteiger partial charge in [-0.05, 0) is 26.3 Å². The molecule has 0 radical (unpaired) electrons. The van der Waals surface area contributed by atoms with Gasteiger partial charge in [0.25, 0.3) is 0 Å². The molecule has 3 rings (SSSR count). The van der Waals surface area contributed by atoms with E-state index in [0.717, 1.165) is 36.0 Å². The van der Waals surface area contributed by atoms with Crippen LogP contribution in [0.15, 0.2) is 22.8 Å². The molecule has 0 N–H and O–H groups in total. The Kier molecular flexibility index (Phi) is 5.35. The number of unbranched alkanes of at least 4 members (excludes halogenated alkanes) is 2. The van der Waals surface area contributed by atoms with E-state index in [1.807, 2.05) is 20.8 Å². The molecule has 1 aliphatic heterocycles. The predicted molar refractivity (Wildman–Crippen MR) is 96.1 cm³/mol. The molecule has 2 aliphatic carbocycles. The zero-order valence-corrected chi connectivity index (χ0v) is 16.0. The monoisotopic (exact) mass is 360 g/mol. The van der Waals surface area contributed by atoms with Crippen LogP contribution in [0.3, 0.4) is 0 Å². The second kappa shape index (κ2) is 7.37. The minimum Gasteiger partial charge on any atom is -0.462 e. The molecular weight excluding hydrogens is 332 g/mol. The SMILES string of the molecule is CCCCCC(=O)OC1CC(C)=C2C(=O)C=C(C)[C@@H]2[C@H]2OC(=O)[C@H](C)[C@H]12. The molecule has 26 heavy (non-hydrogen) atoms. The lowest BCUT2D eigenvalue weighted by Gasteiger charge is -2.29. The van der Waals surface area contributed by atoms with Gasteiger partial charge in [-0.1, -0.05) is 37.8 Å². The highest BCUT2D eigenvalue weighted by Gasteiger charge is 2.55. The van der Waals surface area contributed by atoms with Crippen LogP contribution in [0.4, 0.5) is 0 Å². The van der Waals surface area contributed by atoms with Crippen LogP contribution in [0, 0.1) is 17.8 Å². The fourth-order valence-electron chi connectivity index (χ4n) is 4.66. The van der Waals surface area contributed by atoms with E-state index in [0.29, 0.717) is 12.8 Å². The van der Waals surface area contributed by atoms with Crippen LogP contribution < -0.4 is 0 Å². The van der Waals surface area contributed by atoms with E-state index in [2.05, 4.69) is 6.92 Å². The van der Waals surface area contributed by atoms with Gasteiger partial charge in [0.05, 0.1) is 5.92 Å². The van der Waals surface area contributed by atoms with Gasteiger partial charge in [0.2, 0.25) is 0 Å². The molecule has 1 heterocycles. The van der Waals surface area contributed by atoms with Crippen LogP contribution in [-0.2, 0) is 23.9 Å². The molecule has 0 spiro atoms. The Morgan fingerprint density at radius 3 is 2.69 bits per heavy atom. The van der Waals surface area contributed by atoms with Gasteiger partial charge in [0.1, 0.15) is 12.2 Å². The summed E-state index contributed by atoms with van der Waals surface area (Å²) < 4.78 is 11.5. The molecule has 1 saturated heterocycles. The summed E-state index contributed by atoms with van der Waals surface area (Å²) in [5.74, 6) is -1.26. The van der Waals surface area contributed by atoms with Gasteiger partial charge in [0, 0.05) is 30.3 Å². The molecule has 0 bridgehead atoms. The molecule has 1 unspecified atom stereocenters. The first-order valence-corrected chi connectivity index (χ1v) is 9.67. The third-order valence-corrected chi connectivity index (χ3v) is 6.00. The van der Waals surface area contributed by atoms with Crippen molar-refractivity contribution in [2.45, 2.75) is 72.0 Å². The topological polar surface area (TPSA) is 69.7 Å². The van der Waals surface area contributed by atoms with E-state index in [1.54, 1.807) is 6.08 Å². The summed E-state index contributed by atoms with van der Waals surface area (Å²) in [5.41, 5.74) is 2.59. The van der Waals surface area contributed by atoms with Gasteiger partial charge in [-0.3, -0.25) is 14.4 Å². The lowest BCUT2D eigenvalue weighted by atomic mass is 9.79. The summed E-state index contributed by atoms with van der Waals surface area (Å²) >= 11 is 0. The van der Waals surface area contributed by atoms with Crippen molar-refractivity contribution in [2.75, 3.05) is 0 Å². The molecule has 5 nitrogen and oxygen atoms in total. The van der Waals surface area contributed by atoms with Crippen LogP contribution in [-0.4, -0.2) is 29.9 Å². The third kappa shape index (κ3) is 3.24. The van der Waals surface area contributed by atoms with Gasteiger partial charge in [-0.25, -0.2) is 0 Å². The van der Waals surface area contributed by atoms with Crippen molar-refractivity contribution in [3.63, 3.8) is 0 Å². The number of hydrogen-bond acceptors (Lipinski definition) is 5. The number of hydrogen-bond donors (Lipinski definition) is 0. The molecule has 0 aromatic heterocycles. The molecule has 5 atom stereocenters. The van der Waals surface area contributed by atoms with E-state index in [1.165, 1.54) is 0 Å². The minimum atomic E-state index is -0.430. The molecular formula is C21H28O5. The summed E-state index contributed by atoms with van der Waals surface area (Å²) in [6.45, 7) is 7.76. The summed E-state index contributed by atoms with van der Waals surface area (Å²) in [5, 5.41) is 0.